The van der Waals surface area contributed by atoms with Crippen LogP contribution in [0.5, 0.6) is 5.75 Å². The number of hydrogen-bond donors (Lipinski definition) is 2. The monoisotopic (exact) mass is 265 g/mol. The molecule has 0 aliphatic carbocycles. The molecule has 0 aliphatic rings. The summed E-state index contributed by atoms with van der Waals surface area (Å²) in [5.41, 5.74) is 1.14. The molecule has 1 amide bonds. The fourth-order valence-corrected chi connectivity index (χ4v) is 1.60. The van der Waals surface area contributed by atoms with Gasteiger partial charge in [-0.3, -0.25) is 4.79 Å². The number of carbonyl (C=O) groups excluding carboxylic acids is 1. The molecule has 0 saturated heterocycles. The van der Waals surface area contributed by atoms with Gasteiger partial charge in [0.2, 0.25) is 0 Å². The summed E-state index contributed by atoms with van der Waals surface area (Å²) >= 11 is 0. The Bertz CT molecular complexity index is 400. The molecule has 1 aromatic rings. The van der Waals surface area contributed by atoms with Crippen LogP contribution in [0, 0.1) is 12.8 Å². The summed E-state index contributed by atoms with van der Waals surface area (Å²) in [6.45, 7) is 7.53. The highest BCUT2D eigenvalue weighted by Crippen LogP contribution is 2.13. The van der Waals surface area contributed by atoms with Crippen LogP contribution in [-0.2, 0) is 4.79 Å². The van der Waals surface area contributed by atoms with E-state index in [0.29, 0.717) is 5.75 Å². The molecule has 0 aromatic heterocycles. The average molecular weight is 265 g/mol. The van der Waals surface area contributed by atoms with Crippen LogP contribution in [0.25, 0.3) is 0 Å². The van der Waals surface area contributed by atoms with Gasteiger partial charge in [0.05, 0.1) is 12.6 Å². The highest BCUT2D eigenvalue weighted by molar-refractivity contribution is 5.81. The van der Waals surface area contributed by atoms with E-state index in [1.165, 1.54) is 0 Å². The lowest BCUT2D eigenvalue weighted by molar-refractivity contribution is -0.128. The molecule has 2 unspecified atom stereocenters. The topological polar surface area (TPSA) is 58.6 Å². The van der Waals surface area contributed by atoms with E-state index < -0.39 is 6.10 Å². The number of nitrogens with one attached hydrogen (secondary N) is 1. The van der Waals surface area contributed by atoms with E-state index in [1.54, 1.807) is 6.92 Å². The molecule has 106 valence electrons. The Kier molecular flexibility index (Phi) is 5.83. The normalized spacial score (nSPS) is 14.0. The van der Waals surface area contributed by atoms with Crippen LogP contribution in [0.2, 0.25) is 0 Å². The van der Waals surface area contributed by atoms with E-state index in [9.17, 15) is 9.90 Å². The number of hydrogen-bond acceptors (Lipinski definition) is 3. The Balaban J connectivity index is 2.55. The van der Waals surface area contributed by atoms with Gasteiger partial charge in [-0.05, 0) is 31.9 Å². The zero-order valence-electron chi connectivity index (χ0n) is 12.0. The summed E-state index contributed by atoms with van der Waals surface area (Å²) in [5.74, 6) is 0.632. The molecular weight excluding hydrogens is 242 g/mol. The Labute approximate surface area is 114 Å². The van der Waals surface area contributed by atoms with E-state index >= 15 is 0 Å². The smallest absolute Gasteiger partial charge is 0.261 e. The zero-order valence-corrected chi connectivity index (χ0v) is 12.0. The van der Waals surface area contributed by atoms with Gasteiger partial charge in [-0.25, -0.2) is 0 Å². The second-order valence-electron chi connectivity index (χ2n) is 5.11. The standard InChI is InChI=1S/C15H23NO3/c1-10(2)14(9-17)16-15(18)12(4)19-13-7-5-11(3)6-8-13/h5-8,10,12,14,17H,9H2,1-4H3,(H,16,18). The lowest BCUT2D eigenvalue weighted by atomic mass is 10.1. The molecule has 1 aromatic carbocycles. The van der Waals surface area contributed by atoms with Crippen LogP contribution in [0.3, 0.4) is 0 Å². The molecule has 4 nitrogen and oxygen atoms in total. The lowest BCUT2D eigenvalue weighted by Crippen LogP contribution is -2.46. The summed E-state index contributed by atoms with van der Waals surface area (Å²) in [5, 5.41) is 12.0. The van der Waals surface area contributed by atoms with Gasteiger partial charge in [0.15, 0.2) is 6.10 Å². The number of aliphatic hydroxyl groups is 1. The van der Waals surface area contributed by atoms with Crippen molar-refractivity contribution >= 4 is 5.91 Å². The Morgan fingerprint density at radius 2 is 1.84 bits per heavy atom. The van der Waals surface area contributed by atoms with E-state index in [1.807, 2.05) is 45.0 Å². The van der Waals surface area contributed by atoms with Crippen molar-refractivity contribution in [3.63, 3.8) is 0 Å². The maximum absolute atomic E-state index is 11.9. The van der Waals surface area contributed by atoms with Crippen molar-refractivity contribution in [1.29, 1.82) is 0 Å². The predicted molar refractivity (Wildman–Crippen MR) is 75.1 cm³/mol. The number of rotatable bonds is 6. The molecule has 4 heteroatoms. The second kappa shape index (κ2) is 7.14. The van der Waals surface area contributed by atoms with Crippen LogP contribution in [0.1, 0.15) is 26.3 Å². The third-order valence-corrected chi connectivity index (χ3v) is 3.03. The van der Waals surface area contributed by atoms with Crippen LogP contribution in [0.4, 0.5) is 0 Å². The average Bonchev–Trinajstić information content (AvgIpc) is 2.37. The molecule has 0 heterocycles. The van der Waals surface area contributed by atoms with Gasteiger partial charge >= 0.3 is 0 Å². The highest BCUT2D eigenvalue weighted by atomic mass is 16.5. The third-order valence-electron chi connectivity index (χ3n) is 3.03. The zero-order chi connectivity index (χ0) is 14.4. The van der Waals surface area contributed by atoms with E-state index in [0.717, 1.165) is 5.56 Å². The molecule has 0 aliphatic heterocycles. The first-order valence-corrected chi connectivity index (χ1v) is 6.58. The first-order chi connectivity index (χ1) is 8.93. The van der Waals surface area contributed by atoms with Crippen LogP contribution in [0.15, 0.2) is 24.3 Å². The molecule has 0 saturated carbocycles. The van der Waals surface area contributed by atoms with Crippen molar-refractivity contribution in [2.75, 3.05) is 6.61 Å². The van der Waals surface area contributed by atoms with Crippen molar-refractivity contribution in [2.24, 2.45) is 5.92 Å². The van der Waals surface area contributed by atoms with Gasteiger partial charge in [-0.15, -0.1) is 0 Å². The van der Waals surface area contributed by atoms with Gasteiger partial charge in [0.1, 0.15) is 5.75 Å². The Hall–Kier alpha value is -1.55. The summed E-state index contributed by atoms with van der Waals surface area (Å²) in [6.07, 6.45) is -0.587. The van der Waals surface area contributed by atoms with Crippen molar-refractivity contribution in [3.8, 4) is 5.75 Å². The maximum Gasteiger partial charge on any atom is 0.261 e. The molecule has 0 radical (unpaired) electrons. The maximum atomic E-state index is 11.9. The fourth-order valence-electron chi connectivity index (χ4n) is 1.60. The first-order valence-electron chi connectivity index (χ1n) is 6.58. The molecule has 2 N–H and O–H groups in total. The van der Waals surface area contributed by atoms with E-state index in [2.05, 4.69) is 5.32 Å². The van der Waals surface area contributed by atoms with Gasteiger partial charge in [0, 0.05) is 0 Å². The summed E-state index contributed by atoms with van der Waals surface area (Å²) in [6, 6.07) is 7.31. The summed E-state index contributed by atoms with van der Waals surface area (Å²) in [4.78, 5) is 11.9. The van der Waals surface area contributed by atoms with Crippen molar-refractivity contribution < 1.29 is 14.6 Å². The highest BCUT2D eigenvalue weighted by Gasteiger charge is 2.20. The second-order valence-corrected chi connectivity index (χ2v) is 5.11. The SMILES string of the molecule is Cc1ccc(OC(C)C(=O)NC(CO)C(C)C)cc1. The number of carbonyl (C=O) groups is 1. The number of aryl methyl sites for hydroxylation is 1. The number of amides is 1. The minimum Gasteiger partial charge on any atom is -0.481 e. The molecule has 0 spiro atoms. The van der Waals surface area contributed by atoms with E-state index in [4.69, 9.17) is 4.74 Å². The Morgan fingerprint density at radius 3 is 2.32 bits per heavy atom. The van der Waals surface area contributed by atoms with Crippen molar-refractivity contribution in [1.82, 2.24) is 5.32 Å². The fraction of sp³-hybridized carbons (Fsp3) is 0.533. The lowest BCUT2D eigenvalue weighted by Gasteiger charge is -2.22. The van der Waals surface area contributed by atoms with Crippen LogP contribution < -0.4 is 10.1 Å². The third kappa shape index (κ3) is 4.91. The van der Waals surface area contributed by atoms with Gasteiger partial charge < -0.3 is 15.2 Å². The number of aliphatic hydroxyl groups excluding tert-OH is 1. The quantitative estimate of drug-likeness (QED) is 0.826. The van der Waals surface area contributed by atoms with Gasteiger partial charge in [-0.2, -0.15) is 0 Å². The largest absolute Gasteiger partial charge is 0.481 e. The molecule has 1 rings (SSSR count). The minimum absolute atomic E-state index is 0.0688. The van der Waals surface area contributed by atoms with E-state index in [-0.39, 0.29) is 24.5 Å². The molecule has 2 atom stereocenters. The van der Waals surface area contributed by atoms with Crippen LogP contribution >= 0.6 is 0 Å². The number of benzene rings is 1. The van der Waals surface area contributed by atoms with Gasteiger partial charge in [0.25, 0.3) is 5.91 Å². The molecule has 19 heavy (non-hydrogen) atoms. The van der Waals surface area contributed by atoms with Crippen LogP contribution in [-0.4, -0.2) is 29.8 Å². The molecule has 0 fully saturated rings. The Morgan fingerprint density at radius 1 is 1.26 bits per heavy atom. The predicted octanol–water partition coefficient (Wildman–Crippen LogP) is 1.90. The molecular formula is C15H23NO3. The number of ether oxygens (including phenoxy) is 1. The minimum atomic E-state index is -0.587. The summed E-state index contributed by atoms with van der Waals surface area (Å²) in [7, 11) is 0. The van der Waals surface area contributed by atoms with Crippen molar-refractivity contribution in [2.45, 2.75) is 39.8 Å². The van der Waals surface area contributed by atoms with Crippen molar-refractivity contribution in [3.05, 3.63) is 29.8 Å². The van der Waals surface area contributed by atoms with Gasteiger partial charge in [-0.1, -0.05) is 31.5 Å². The first kappa shape index (κ1) is 15.5. The molecule has 0 bridgehead atoms. The summed E-state index contributed by atoms with van der Waals surface area (Å²) < 4.78 is 5.56.